The molecule has 3 rings (SSSR count). The van der Waals surface area contributed by atoms with Crippen molar-refractivity contribution in [1.29, 1.82) is 0 Å². The van der Waals surface area contributed by atoms with Crippen LogP contribution in [0.15, 0.2) is 24.3 Å². The molecule has 0 N–H and O–H groups in total. The van der Waals surface area contributed by atoms with Crippen molar-refractivity contribution in [2.75, 3.05) is 27.2 Å². The van der Waals surface area contributed by atoms with Crippen molar-refractivity contribution < 1.29 is 0 Å². The quantitative estimate of drug-likeness (QED) is 0.652. The van der Waals surface area contributed by atoms with Crippen LogP contribution >= 0.6 is 11.9 Å². The fourth-order valence-electron chi connectivity index (χ4n) is 3.06. The molecule has 0 atom stereocenters. The average molecular weight is 248 g/mol. The van der Waals surface area contributed by atoms with Gasteiger partial charge in [-0.25, -0.2) is 4.31 Å². The number of fused-ring (bicyclic) bond motifs is 2. The molecule has 0 unspecified atom stereocenters. The van der Waals surface area contributed by atoms with Crippen molar-refractivity contribution in [1.82, 2.24) is 9.21 Å². The lowest BCUT2D eigenvalue weighted by Gasteiger charge is -2.46. The first-order chi connectivity index (χ1) is 8.20. The van der Waals surface area contributed by atoms with Gasteiger partial charge < -0.3 is 4.90 Å². The summed E-state index contributed by atoms with van der Waals surface area (Å²) >= 11 is 2.06. The van der Waals surface area contributed by atoms with Crippen molar-refractivity contribution in [3.05, 3.63) is 35.4 Å². The average Bonchev–Trinajstić information content (AvgIpc) is 2.33. The first-order valence-corrected chi connectivity index (χ1v) is 7.14. The number of benzene rings is 1. The summed E-state index contributed by atoms with van der Waals surface area (Å²) in [7, 11) is 4.46. The van der Waals surface area contributed by atoms with E-state index < -0.39 is 0 Å². The Kier molecular flexibility index (Phi) is 2.93. The van der Waals surface area contributed by atoms with Gasteiger partial charge in [0.05, 0.1) is 4.75 Å². The molecule has 0 saturated carbocycles. The predicted octanol–water partition coefficient (Wildman–Crippen LogP) is 2.70. The summed E-state index contributed by atoms with van der Waals surface area (Å²) in [5.74, 6) is 0. The highest BCUT2D eigenvalue weighted by atomic mass is 32.2. The molecule has 17 heavy (non-hydrogen) atoms. The number of piperidine rings is 1. The first-order valence-electron chi connectivity index (χ1n) is 6.37. The second-order valence-electron chi connectivity index (χ2n) is 5.33. The van der Waals surface area contributed by atoms with Gasteiger partial charge >= 0.3 is 0 Å². The molecule has 0 aromatic heterocycles. The Morgan fingerprint density at radius 1 is 1.12 bits per heavy atom. The summed E-state index contributed by atoms with van der Waals surface area (Å²) in [4.78, 5) is 2.45. The van der Waals surface area contributed by atoms with Gasteiger partial charge in [0.25, 0.3) is 0 Å². The molecular weight excluding hydrogens is 228 g/mol. The van der Waals surface area contributed by atoms with Gasteiger partial charge in [0.15, 0.2) is 0 Å². The van der Waals surface area contributed by atoms with Gasteiger partial charge in [-0.3, -0.25) is 0 Å². The van der Waals surface area contributed by atoms with Crippen molar-refractivity contribution >= 4 is 11.9 Å². The van der Waals surface area contributed by atoms with Gasteiger partial charge in [-0.2, -0.15) is 0 Å². The van der Waals surface area contributed by atoms with Gasteiger partial charge in [-0.1, -0.05) is 36.2 Å². The summed E-state index contributed by atoms with van der Waals surface area (Å²) in [5.41, 5.74) is 3.12. The lowest BCUT2D eigenvalue weighted by atomic mass is 9.85. The van der Waals surface area contributed by atoms with E-state index in [0.29, 0.717) is 4.75 Å². The van der Waals surface area contributed by atoms with Crippen LogP contribution in [-0.4, -0.2) is 36.4 Å². The Bertz CT molecular complexity index is 410. The monoisotopic (exact) mass is 248 g/mol. The number of hydrogen-bond acceptors (Lipinski definition) is 3. The smallest absolute Gasteiger partial charge is 0.0582 e. The zero-order valence-corrected chi connectivity index (χ0v) is 11.5. The molecule has 2 nitrogen and oxygen atoms in total. The van der Waals surface area contributed by atoms with Gasteiger partial charge in [0.1, 0.15) is 0 Å². The second-order valence-corrected chi connectivity index (χ2v) is 6.92. The van der Waals surface area contributed by atoms with Crippen LogP contribution in [0.3, 0.4) is 0 Å². The molecule has 1 fully saturated rings. The van der Waals surface area contributed by atoms with E-state index in [1.54, 1.807) is 5.56 Å². The van der Waals surface area contributed by atoms with Crippen LogP contribution in [0.5, 0.6) is 0 Å². The standard InChI is InChI=1S/C14H20N2S/c1-15-9-7-14(8-10-15)13-6-4-3-5-12(13)11-16(2)17-14/h3-6H,7-11H2,1-2H3. The Hall–Kier alpha value is -0.510. The highest BCUT2D eigenvalue weighted by Crippen LogP contribution is 2.50. The van der Waals surface area contributed by atoms with Crippen LogP contribution in [0.2, 0.25) is 0 Å². The van der Waals surface area contributed by atoms with Gasteiger partial charge in [0, 0.05) is 6.54 Å². The van der Waals surface area contributed by atoms with E-state index in [9.17, 15) is 0 Å². The SMILES string of the molecule is CN1CCC2(CC1)SN(C)Cc1ccccc12. The molecule has 0 aliphatic carbocycles. The molecule has 1 aromatic carbocycles. The summed E-state index contributed by atoms with van der Waals surface area (Å²) in [6, 6.07) is 9.02. The number of nitrogens with zero attached hydrogens (tertiary/aromatic N) is 2. The minimum Gasteiger partial charge on any atom is -0.306 e. The highest BCUT2D eigenvalue weighted by Gasteiger charge is 2.41. The fraction of sp³-hybridized carbons (Fsp3) is 0.571. The number of rotatable bonds is 0. The molecular formula is C14H20N2S. The molecule has 3 heteroatoms. The summed E-state index contributed by atoms with van der Waals surface area (Å²) in [6.07, 6.45) is 2.55. The van der Waals surface area contributed by atoms with Crippen molar-refractivity contribution in [2.24, 2.45) is 0 Å². The Morgan fingerprint density at radius 3 is 2.59 bits per heavy atom. The molecule has 1 spiro atoms. The maximum atomic E-state index is 2.45. The van der Waals surface area contributed by atoms with E-state index in [4.69, 9.17) is 0 Å². The Balaban J connectivity index is 2.00. The van der Waals surface area contributed by atoms with E-state index in [2.05, 4.69) is 59.5 Å². The Morgan fingerprint density at radius 2 is 1.82 bits per heavy atom. The minimum atomic E-state index is 0.343. The first kappa shape index (κ1) is 11.6. The van der Waals surface area contributed by atoms with E-state index in [1.807, 2.05) is 0 Å². The number of hydrogen-bond donors (Lipinski definition) is 0. The maximum Gasteiger partial charge on any atom is 0.0582 e. The highest BCUT2D eigenvalue weighted by molar-refractivity contribution is 7.98. The molecule has 2 aliphatic heterocycles. The molecule has 92 valence electrons. The molecule has 0 radical (unpaired) electrons. The molecule has 1 saturated heterocycles. The summed E-state index contributed by atoms with van der Waals surface area (Å²) in [6.45, 7) is 3.52. The molecule has 0 amide bonds. The maximum absolute atomic E-state index is 2.45. The van der Waals surface area contributed by atoms with Gasteiger partial charge in [0.2, 0.25) is 0 Å². The van der Waals surface area contributed by atoms with Crippen LogP contribution in [-0.2, 0) is 11.3 Å². The zero-order valence-electron chi connectivity index (χ0n) is 10.6. The third-order valence-electron chi connectivity index (χ3n) is 4.03. The molecule has 0 bridgehead atoms. The van der Waals surface area contributed by atoms with Crippen molar-refractivity contribution in [3.8, 4) is 0 Å². The number of likely N-dealkylation sites (tertiary alicyclic amines) is 1. The third-order valence-corrected chi connectivity index (χ3v) is 5.44. The van der Waals surface area contributed by atoms with Crippen molar-refractivity contribution in [2.45, 2.75) is 24.1 Å². The zero-order chi connectivity index (χ0) is 11.9. The van der Waals surface area contributed by atoms with E-state index in [0.717, 1.165) is 6.54 Å². The van der Waals surface area contributed by atoms with Crippen LogP contribution in [0.4, 0.5) is 0 Å². The Labute approximate surface area is 108 Å². The normalized spacial score (nSPS) is 24.8. The molecule has 2 heterocycles. The third kappa shape index (κ3) is 2.01. The lowest BCUT2D eigenvalue weighted by molar-refractivity contribution is 0.233. The predicted molar refractivity (Wildman–Crippen MR) is 73.9 cm³/mol. The van der Waals surface area contributed by atoms with Crippen LogP contribution in [0.1, 0.15) is 24.0 Å². The molecule has 1 aromatic rings. The largest absolute Gasteiger partial charge is 0.306 e. The van der Waals surface area contributed by atoms with E-state index in [-0.39, 0.29) is 0 Å². The summed E-state index contributed by atoms with van der Waals surface area (Å²) in [5, 5.41) is 0. The lowest BCUT2D eigenvalue weighted by Crippen LogP contribution is -2.43. The van der Waals surface area contributed by atoms with Gasteiger partial charge in [-0.15, -0.1) is 0 Å². The summed E-state index contributed by atoms with van der Waals surface area (Å²) < 4.78 is 2.75. The van der Waals surface area contributed by atoms with Crippen molar-refractivity contribution in [3.63, 3.8) is 0 Å². The second kappa shape index (κ2) is 4.30. The van der Waals surface area contributed by atoms with Gasteiger partial charge in [-0.05, 0) is 51.2 Å². The van der Waals surface area contributed by atoms with Crippen LogP contribution in [0.25, 0.3) is 0 Å². The topological polar surface area (TPSA) is 6.48 Å². The van der Waals surface area contributed by atoms with E-state index in [1.165, 1.54) is 31.5 Å². The minimum absolute atomic E-state index is 0.343. The van der Waals surface area contributed by atoms with Crippen LogP contribution in [0, 0.1) is 0 Å². The van der Waals surface area contributed by atoms with E-state index >= 15 is 0 Å². The molecule has 2 aliphatic rings. The fourth-order valence-corrected chi connectivity index (χ4v) is 4.53. The van der Waals surface area contributed by atoms with Crippen LogP contribution < -0.4 is 0 Å².